The van der Waals surface area contributed by atoms with E-state index in [0.29, 0.717) is 18.1 Å². The minimum atomic E-state index is -0.132. The van der Waals surface area contributed by atoms with E-state index in [4.69, 9.17) is 0 Å². The molecule has 3 nitrogen and oxygen atoms in total. The predicted octanol–water partition coefficient (Wildman–Crippen LogP) is 4.81. The van der Waals surface area contributed by atoms with E-state index in [2.05, 4.69) is 29.0 Å². The molecular formula is C21H28O3. The van der Waals surface area contributed by atoms with E-state index in [0.717, 1.165) is 44.9 Å². The first-order chi connectivity index (χ1) is 11.7. The van der Waals surface area contributed by atoms with Gasteiger partial charge in [-0.05, 0) is 30.7 Å². The van der Waals surface area contributed by atoms with Gasteiger partial charge in [-0.3, -0.25) is 9.59 Å². The van der Waals surface area contributed by atoms with Crippen molar-refractivity contribution in [2.75, 3.05) is 7.11 Å². The number of carbonyl (C=O) groups excluding carboxylic acids is 2. The Morgan fingerprint density at radius 3 is 2.67 bits per heavy atom. The average molecular weight is 328 g/mol. The highest BCUT2D eigenvalue weighted by Gasteiger charge is 2.32. The maximum absolute atomic E-state index is 12.1. The van der Waals surface area contributed by atoms with Gasteiger partial charge in [0, 0.05) is 18.8 Å². The molecule has 0 heterocycles. The van der Waals surface area contributed by atoms with Crippen LogP contribution in [0.2, 0.25) is 0 Å². The third-order valence-corrected chi connectivity index (χ3v) is 4.86. The third kappa shape index (κ3) is 5.95. The number of allylic oxidation sites excluding steroid dienone is 1. The lowest BCUT2D eigenvalue weighted by atomic mass is 9.89. The lowest BCUT2D eigenvalue weighted by Gasteiger charge is -2.14. The summed E-state index contributed by atoms with van der Waals surface area (Å²) in [5, 5.41) is 0. The van der Waals surface area contributed by atoms with Crippen molar-refractivity contribution in [2.45, 2.75) is 51.4 Å². The summed E-state index contributed by atoms with van der Waals surface area (Å²) in [5.41, 5.74) is 1.19. The minimum Gasteiger partial charge on any atom is -0.469 e. The first kappa shape index (κ1) is 18.4. The van der Waals surface area contributed by atoms with E-state index in [9.17, 15) is 9.59 Å². The number of Topliss-reactive ketones (excluding diaryl/α,β-unsaturated/α-hetero) is 1. The van der Waals surface area contributed by atoms with E-state index in [1.54, 1.807) is 0 Å². The molecular weight excluding hydrogens is 300 g/mol. The van der Waals surface area contributed by atoms with E-state index in [1.807, 2.05) is 18.2 Å². The van der Waals surface area contributed by atoms with Gasteiger partial charge in [-0.1, -0.05) is 61.7 Å². The topological polar surface area (TPSA) is 43.4 Å². The summed E-state index contributed by atoms with van der Waals surface area (Å²) in [4.78, 5) is 23.2. The fourth-order valence-electron chi connectivity index (χ4n) is 3.43. The van der Waals surface area contributed by atoms with Crippen molar-refractivity contribution in [1.82, 2.24) is 0 Å². The van der Waals surface area contributed by atoms with Crippen LogP contribution < -0.4 is 0 Å². The smallest absolute Gasteiger partial charge is 0.305 e. The second-order valence-electron chi connectivity index (χ2n) is 6.57. The van der Waals surface area contributed by atoms with Crippen LogP contribution in [0.3, 0.4) is 0 Å². The molecule has 0 aliphatic heterocycles. The van der Waals surface area contributed by atoms with Crippen LogP contribution in [0.5, 0.6) is 0 Å². The van der Waals surface area contributed by atoms with Crippen LogP contribution in [0.15, 0.2) is 36.4 Å². The molecule has 0 saturated heterocycles. The Bertz CT molecular complexity index is 547. The zero-order valence-electron chi connectivity index (χ0n) is 14.6. The number of esters is 1. The highest BCUT2D eigenvalue weighted by atomic mass is 16.5. The second-order valence-corrected chi connectivity index (χ2v) is 6.57. The second kappa shape index (κ2) is 10.1. The van der Waals surface area contributed by atoms with Crippen LogP contribution >= 0.6 is 0 Å². The molecule has 2 atom stereocenters. The third-order valence-electron chi connectivity index (χ3n) is 4.86. The Kier molecular flexibility index (Phi) is 7.73. The van der Waals surface area contributed by atoms with Crippen molar-refractivity contribution in [3.63, 3.8) is 0 Å². The van der Waals surface area contributed by atoms with Gasteiger partial charge in [-0.2, -0.15) is 0 Å². The molecule has 0 bridgehead atoms. The van der Waals surface area contributed by atoms with Crippen molar-refractivity contribution in [3.8, 4) is 0 Å². The maximum atomic E-state index is 12.1. The fourth-order valence-corrected chi connectivity index (χ4v) is 3.43. The van der Waals surface area contributed by atoms with Gasteiger partial charge in [-0.15, -0.1) is 0 Å². The first-order valence-corrected chi connectivity index (χ1v) is 9.03. The summed E-state index contributed by atoms with van der Waals surface area (Å²) >= 11 is 0. The largest absolute Gasteiger partial charge is 0.469 e. The lowest BCUT2D eigenvalue weighted by Crippen LogP contribution is -2.13. The van der Waals surface area contributed by atoms with Crippen LogP contribution in [-0.4, -0.2) is 18.9 Å². The Morgan fingerprint density at radius 1 is 1.17 bits per heavy atom. The number of rotatable bonds is 9. The minimum absolute atomic E-state index is 0.132. The molecule has 1 fully saturated rings. The number of unbranched alkanes of at least 4 members (excludes halogenated alkanes) is 3. The van der Waals surface area contributed by atoms with E-state index >= 15 is 0 Å². The molecule has 1 aliphatic rings. The molecule has 0 unspecified atom stereocenters. The molecule has 2 rings (SSSR count). The standard InChI is InChI=1S/C21H28O3/c1-24-21(23)12-8-3-2-7-11-19-18(15-16-20(19)22)14-13-17-9-5-4-6-10-17/h4-6,9-10,13-14,18-19H,2-3,7-8,11-12,15-16H2,1H3/b14-13+/t18-,19+/m0/s1. The Hall–Kier alpha value is -1.90. The number of hydrogen-bond acceptors (Lipinski definition) is 3. The molecule has 0 radical (unpaired) electrons. The molecule has 130 valence electrons. The van der Waals surface area contributed by atoms with Gasteiger partial charge < -0.3 is 4.74 Å². The van der Waals surface area contributed by atoms with E-state index < -0.39 is 0 Å². The van der Waals surface area contributed by atoms with Crippen molar-refractivity contribution < 1.29 is 14.3 Å². The van der Waals surface area contributed by atoms with Crippen molar-refractivity contribution in [1.29, 1.82) is 0 Å². The molecule has 0 N–H and O–H groups in total. The Balaban J connectivity index is 1.72. The summed E-state index contributed by atoms with van der Waals surface area (Å²) in [6, 6.07) is 10.3. The molecule has 24 heavy (non-hydrogen) atoms. The van der Waals surface area contributed by atoms with Crippen molar-refractivity contribution in [2.24, 2.45) is 11.8 Å². The number of benzene rings is 1. The zero-order chi connectivity index (χ0) is 17.2. The molecule has 1 aliphatic carbocycles. The van der Waals surface area contributed by atoms with Gasteiger partial charge in [0.15, 0.2) is 0 Å². The van der Waals surface area contributed by atoms with Crippen molar-refractivity contribution in [3.05, 3.63) is 42.0 Å². The zero-order valence-corrected chi connectivity index (χ0v) is 14.6. The summed E-state index contributed by atoms with van der Waals surface area (Å²) in [7, 11) is 1.43. The van der Waals surface area contributed by atoms with Gasteiger partial charge in [0.2, 0.25) is 0 Å². The molecule has 1 aromatic rings. The SMILES string of the molecule is COC(=O)CCCCCC[C@H]1C(=O)CC[C@@H]1/C=C/c1ccccc1. The summed E-state index contributed by atoms with van der Waals surface area (Å²) in [6.07, 6.45) is 11.6. The molecule has 1 saturated carbocycles. The van der Waals surface area contributed by atoms with E-state index in [-0.39, 0.29) is 11.9 Å². The number of methoxy groups -OCH3 is 1. The predicted molar refractivity (Wildman–Crippen MR) is 96.4 cm³/mol. The molecule has 1 aromatic carbocycles. The molecule has 3 heteroatoms. The number of carbonyl (C=O) groups is 2. The van der Waals surface area contributed by atoms with Gasteiger partial charge in [0.05, 0.1) is 7.11 Å². The van der Waals surface area contributed by atoms with Gasteiger partial charge >= 0.3 is 5.97 Å². The highest BCUT2D eigenvalue weighted by molar-refractivity contribution is 5.83. The number of hydrogen-bond donors (Lipinski definition) is 0. The first-order valence-electron chi connectivity index (χ1n) is 9.03. The number of ether oxygens (including phenoxy) is 1. The molecule has 0 aromatic heterocycles. The summed E-state index contributed by atoms with van der Waals surface area (Å²) < 4.78 is 4.64. The Labute approximate surface area is 145 Å². The normalized spacial score (nSPS) is 20.6. The van der Waals surface area contributed by atoms with Crippen LogP contribution in [-0.2, 0) is 14.3 Å². The van der Waals surface area contributed by atoms with Crippen LogP contribution in [0.4, 0.5) is 0 Å². The highest BCUT2D eigenvalue weighted by Crippen LogP contribution is 2.34. The fraction of sp³-hybridized carbons (Fsp3) is 0.524. The van der Waals surface area contributed by atoms with Crippen LogP contribution in [0.1, 0.15) is 56.9 Å². The Morgan fingerprint density at radius 2 is 1.92 bits per heavy atom. The lowest BCUT2D eigenvalue weighted by molar-refractivity contribution is -0.140. The van der Waals surface area contributed by atoms with Crippen LogP contribution in [0, 0.1) is 11.8 Å². The van der Waals surface area contributed by atoms with Gasteiger partial charge in [0.25, 0.3) is 0 Å². The van der Waals surface area contributed by atoms with Crippen LogP contribution in [0.25, 0.3) is 6.08 Å². The average Bonchev–Trinajstić information content (AvgIpc) is 2.96. The maximum Gasteiger partial charge on any atom is 0.305 e. The van der Waals surface area contributed by atoms with E-state index in [1.165, 1.54) is 12.7 Å². The van der Waals surface area contributed by atoms with Gasteiger partial charge in [0.1, 0.15) is 5.78 Å². The quantitative estimate of drug-likeness (QED) is 0.483. The number of ketones is 1. The molecule has 0 spiro atoms. The molecule has 0 amide bonds. The van der Waals surface area contributed by atoms with Crippen molar-refractivity contribution >= 4 is 17.8 Å². The van der Waals surface area contributed by atoms with Gasteiger partial charge in [-0.25, -0.2) is 0 Å². The summed E-state index contributed by atoms with van der Waals surface area (Å²) in [5.74, 6) is 0.859. The monoisotopic (exact) mass is 328 g/mol. The summed E-state index contributed by atoms with van der Waals surface area (Å²) in [6.45, 7) is 0.